The fourth-order valence-corrected chi connectivity index (χ4v) is 2.10. The third-order valence-electron chi connectivity index (χ3n) is 2.88. The van der Waals surface area contributed by atoms with Gasteiger partial charge in [0.15, 0.2) is 0 Å². The van der Waals surface area contributed by atoms with Crippen LogP contribution >= 0.6 is 11.6 Å². The fraction of sp³-hybridized carbons (Fsp3) is 0.0714. The average molecular weight is 304 g/mol. The molecule has 0 atom stereocenters. The lowest BCUT2D eigenvalue weighted by molar-refractivity contribution is -0.384. The average Bonchev–Trinajstić information content (AvgIpc) is 2.87. The Kier molecular flexibility index (Phi) is 3.45. The van der Waals surface area contributed by atoms with E-state index in [1.165, 1.54) is 12.1 Å². The molecule has 7 heteroatoms. The number of rotatable bonds is 4. The summed E-state index contributed by atoms with van der Waals surface area (Å²) in [7, 11) is 0. The highest BCUT2D eigenvalue weighted by Gasteiger charge is 2.07. The number of nitro benzene ring substituents is 1. The maximum absolute atomic E-state index is 10.7. The summed E-state index contributed by atoms with van der Waals surface area (Å²) < 4.78 is 7.33. The first-order valence-corrected chi connectivity index (χ1v) is 6.50. The van der Waals surface area contributed by atoms with E-state index >= 15 is 0 Å². The SMILES string of the molecule is O=[N+]([O-])c1cccc(OCc2cn3cc(Cl)ccc3n2)c1. The first-order chi connectivity index (χ1) is 10.1. The molecule has 0 aliphatic rings. The normalized spacial score (nSPS) is 10.7. The Bertz CT molecular complexity index is 816. The van der Waals surface area contributed by atoms with Crippen molar-refractivity contribution in [3.8, 4) is 5.75 Å². The van der Waals surface area contributed by atoms with Crippen LogP contribution in [0.3, 0.4) is 0 Å². The van der Waals surface area contributed by atoms with Gasteiger partial charge < -0.3 is 9.14 Å². The second-order valence-corrected chi connectivity index (χ2v) is 4.82. The van der Waals surface area contributed by atoms with Gasteiger partial charge in [0.1, 0.15) is 18.0 Å². The van der Waals surface area contributed by atoms with E-state index in [0.29, 0.717) is 16.5 Å². The van der Waals surface area contributed by atoms with E-state index in [4.69, 9.17) is 16.3 Å². The summed E-state index contributed by atoms with van der Waals surface area (Å²) in [5.41, 5.74) is 1.47. The van der Waals surface area contributed by atoms with E-state index in [1.807, 2.05) is 0 Å². The summed E-state index contributed by atoms with van der Waals surface area (Å²) in [6.45, 7) is 0.223. The predicted octanol–water partition coefficient (Wildman–Crippen LogP) is 3.47. The van der Waals surface area contributed by atoms with Crippen LogP contribution in [0.25, 0.3) is 5.65 Å². The van der Waals surface area contributed by atoms with Gasteiger partial charge >= 0.3 is 0 Å². The zero-order valence-corrected chi connectivity index (χ0v) is 11.5. The molecule has 3 rings (SSSR count). The minimum Gasteiger partial charge on any atom is -0.487 e. The van der Waals surface area contributed by atoms with E-state index in [9.17, 15) is 10.1 Å². The van der Waals surface area contributed by atoms with Gasteiger partial charge in [-0.05, 0) is 18.2 Å². The summed E-state index contributed by atoms with van der Waals surface area (Å²) in [4.78, 5) is 14.6. The Morgan fingerprint density at radius 1 is 1.29 bits per heavy atom. The Balaban J connectivity index is 1.77. The summed E-state index contributed by atoms with van der Waals surface area (Å²) in [6, 6.07) is 9.61. The molecule has 0 unspecified atom stereocenters. The Labute approximate surface area is 124 Å². The number of imidazole rings is 1. The standard InChI is InChI=1S/C14H10ClN3O3/c15-10-4-5-14-16-11(8-17(14)7-10)9-21-13-3-1-2-12(6-13)18(19)20/h1-8H,9H2. The third-order valence-corrected chi connectivity index (χ3v) is 3.10. The predicted molar refractivity (Wildman–Crippen MR) is 77.6 cm³/mol. The highest BCUT2D eigenvalue weighted by Crippen LogP contribution is 2.20. The van der Waals surface area contributed by atoms with Crippen molar-refractivity contribution in [1.82, 2.24) is 9.38 Å². The number of nitro groups is 1. The van der Waals surface area contributed by atoms with Crippen molar-refractivity contribution in [2.24, 2.45) is 0 Å². The first kappa shape index (κ1) is 13.4. The molecular formula is C14H10ClN3O3. The Hall–Kier alpha value is -2.60. The van der Waals surface area contributed by atoms with Crippen LogP contribution < -0.4 is 4.74 Å². The van der Waals surface area contributed by atoms with Gasteiger partial charge in [-0.1, -0.05) is 17.7 Å². The van der Waals surface area contributed by atoms with E-state index in [-0.39, 0.29) is 12.3 Å². The maximum atomic E-state index is 10.7. The third kappa shape index (κ3) is 2.95. The van der Waals surface area contributed by atoms with Gasteiger partial charge in [0.2, 0.25) is 0 Å². The molecule has 2 aromatic heterocycles. The van der Waals surface area contributed by atoms with Crippen LogP contribution in [-0.2, 0) is 6.61 Å². The molecule has 2 heterocycles. The van der Waals surface area contributed by atoms with Crippen molar-refractivity contribution >= 4 is 22.9 Å². The number of hydrogen-bond acceptors (Lipinski definition) is 4. The summed E-state index contributed by atoms with van der Waals surface area (Å²) in [5.74, 6) is 0.430. The van der Waals surface area contributed by atoms with Crippen LogP contribution in [0.15, 0.2) is 48.8 Å². The van der Waals surface area contributed by atoms with Crippen molar-refractivity contribution in [3.05, 3.63) is 69.6 Å². The summed E-state index contributed by atoms with van der Waals surface area (Å²) in [6.07, 6.45) is 3.55. The first-order valence-electron chi connectivity index (χ1n) is 6.12. The van der Waals surface area contributed by atoms with Crippen LogP contribution in [0, 0.1) is 10.1 Å². The van der Waals surface area contributed by atoms with Crippen LogP contribution in [0.4, 0.5) is 5.69 Å². The lowest BCUT2D eigenvalue weighted by Gasteiger charge is -2.03. The molecule has 0 spiro atoms. The highest BCUT2D eigenvalue weighted by molar-refractivity contribution is 6.30. The van der Waals surface area contributed by atoms with Gasteiger partial charge in [-0.25, -0.2) is 4.98 Å². The number of non-ortho nitro benzene ring substituents is 1. The molecule has 0 N–H and O–H groups in total. The Morgan fingerprint density at radius 3 is 2.95 bits per heavy atom. The molecule has 21 heavy (non-hydrogen) atoms. The van der Waals surface area contributed by atoms with E-state index in [2.05, 4.69) is 4.98 Å². The molecule has 0 aliphatic heterocycles. The van der Waals surface area contributed by atoms with Crippen molar-refractivity contribution in [2.45, 2.75) is 6.61 Å². The van der Waals surface area contributed by atoms with E-state index < -0.39 is 4.92 Å². The van der Waals surface area contributed by atoms with Crippen LogP contribution in [-0.4, -0.2) is 14.3 Å². The number of halogens is 1. The number of aromatic nitrogens is 2. The number of hydrogen-bond donors (Lipinski definition) is 0. The van der Waals surface area contributed by atoms with Gasteiger partial charge in [-0.15, -0.1) is 0 Å². The summed E-state index contributed by atoms with van der Waals surface area (Å²) in [5, 5.41) is 11.3. The minimum absolute atomic E-state index is 0.00529. The van der Waals surface area contributed by atoms with E-state index in [1.54, 1.807) is 41.1 Å². The quantitative estimate of drug-likeness (QED) is 0.546. The number of pyridine rings is 1. The maximum Gasteiger partial charge on any atom is 0.273 e. The van der Waals surface area contributed by atoms with Gasteiger partial charge in [0.25, 0.3) is 5.69 Å². The van der Waals surface area contributed by atoms with Crippen LogP contribution in [0.2, 0.25) is 5.02 Å². The van der Waals surface area contributed by atoms with Gasteiger partial charge in [-0.2, -0.15) is 0 Å². The summed E-state index contributed by atoms with van der Waals surface area (Å²) >= 11 is 5.90. The molecule has 0 saturated heterocycles. The van der Waals surface area contributed by atoms with Crippen LogP contribution in [0.1, 0.15) is 5.69 Å². The molecule has 0 bridgehead atoms. The molecule has 0 aliphatic carbocycles. The zero-order chi connectivity index (χ0) is 14.8. The molecule has 0 radical (unpaired) electrons. The topological polar surface area (TPSA) is 69.7 Å². The molecule has 6 nitrogen and oxygen atoms in total. The molecule has 3 aromatic rings. The van der Waals surface area contributed by atoms with Crippen molar-refractivity contribution in [2.75, 3.05) is 0 Å². The largest absolute Gasteiger partial charge is 0.487 e. The minimum atomic E-state index is -0.459. The van der Waals surface area contributed by atoms with E-state index in [0.717, 1.165) is 5.65 Å². The van der Waals surface area contributed by atoms with Crippen LogP contribution in [0.5, 0.6) is 5.75 Å². The lowest BCUT2D eigenvalue weighted by Crippen LogP contribution is -1.96. The van der Waals surface area contributed by atoms with Crippen molar-refractivity contribution in [1.29, 1.82) is 0 Å². The fourth-order valence-electron chi connectivity index (χ4n) is 1.93. The highest BCUT2D eigenvalue weighted by atomic mass is 35.5. The van der Waals surface area contributed by atoms with Crippen molar-refractivity contribution in [3.63, 3.8) is 0 Å². The molecule has 0 fully saturated rings. The van der Waals surface area contributed by atoms with Gasteiger partial charge in [-0.3, -0.25) is 10.1 Å². The molecule has 1 aromatic carbocycles. The van der Waals surface area contributed by atoms with Gasteiger partial charge in [0.05, 0.1) is 21.7 Å². The van der Waals surface area contributed by atoms with Crippen molar-refractivity contribution < 1.29 is 9.66 Å². The monoisotopic (exact) mass is 303 g/mol. The molecule has 106 valence electrons. The number of ether oxygens (including phenoxy) is 1. The molecule has 0 saturated carbocycles. The molecular weight excluding hydrogens is 294 g/mol. The smallest absolute Gasteiger partial charge is 0.273 e. The zero-order valence-electron chi connectivity index (χ0n) is 10.8. The second kappa shape index (κ2) is 5.41. The number of nitrogens with zero attached hydrogens (tertiary/aromatic N) is 3. The van der Waals surface area contributed by atoms with Gasteiger partial charge in [0, 0.05) is 18.5 Å². The lowest BCUT2D eigenvalue weighted by atomic mass is 10.3. The Morgan fingerprint density at radius 2 is 2.14 bits per heavy atom. The number of benzene rings is 1. The second-order valence-electron chi connectivity index (χ2n) is 4.39. The molecule has 0 amide bonds. The number of fused-ring (bicyclic) bond motifs is 1.